The molecule has 0 fully saturated rings. The summed E-state index contributed by atoms with van der Waals surface area (Å²) < 4.78 is 5.39. The highest BCUT2D eigenvalue weighted by Gasteiger charge is 2.31. The van der Waals surface area contributed by atoms with Gasteiger partial charge in [0.05, 0.1) is 4.92 Å². The van der Waals surface area contributed by atoms with Gasteiger partial charge in [-0.3, -0.25) is 10.1 Å². The van der Waals surface area contributed by atoms with Crippen LogP contribution in [-0.4, -0.2) is 15.1 Å². The lowest BCUT2D eigenvalue weighted by Gasteiger charge is -2.24. The maximum Gasteiger partial charge on any atom is 0.273 e. The molecular formula is C17H18N4O3. The molecule has 2 heterocycles. The van der Waals surface area contributed by atoms with Gasteiger partial charge in [-0.25, -0.2) is 0 Å². The summed E-state index contributed by atoms with van der Waals surface area (Å²) in [7, 11) is 0. The van der Waals surface area contributed by atoms with Gasteiger partial charge in [0.25, 0.3) is 11.6 Å². The van der Waals surface area contributed by atoms with E-state index in [-0.39, 0.29) is 16.5 Å². The Morgan fingerprint density at radius 2 is 2.08 bits per heavy atom. The third kappa shape index (κ3) is 2.80. The third-order valence-corrected chi connectivity index (χ3v) is 4.00. The molecule has 7 heteroatoms. The maximum absolute atomic E-state index is 11.4. The van der Waals surface area contributed by atoms with Crippen molar-refractivity contribution >= 4 is 11.3 Å². The molecule has 1 aliphatic heterocycles. The monoisotopic (exact) mass is 326 g/mol. The van der Waals surface area contributed by atoms with Crippen molar-refractivity contribution < 1.29 is 9.45 Å². The zero-order chi connectivity index (χ0) is 17.3. The Balaban J connectivity index is 2.16. The van der Waals surface area contributed by atoms with Crippen LogP contribution in [0.1, 0.15) is 44.0 Å². The molecule has 0 amide bonds. The number of benzene rings is 1. The minimum Gasteiger partial charge on any atom is -0.363 e. The van der Waals surface area contributed by atoms with Gasteiger partial charge < -0.3 is 9.84 Å². The number of nitrogens with one attached hydrogen (secondary N) is 1. The van der Waals surface area contributed by atoms with Crippen LogP contribution >= 0.6 is 0 Å². The summed E-state index contributed by atoms with van der Waals surface area (Å²) in [5, 5.41) is 18.6. The number of rotatable bonds is 4. The summed E-state index contributed by atoms with van der Waals surface area (Å²) in [5.41, 5.74) is 3.23. The minimum atomic E-state index is -0.362. The molecule has 1 N–H and O–H groups in total. The Bertz CT molecular complexity index is 851. The van der Waals surface area contributed by atoms with E-state index >= 15 is 0 Å². The fourth-order valence-corrected chi connectivity index (χ4v) is 2.93. The number of aromatic nitrogens is 2. The molecule has 24 heavy (non-hydrogen) atoms. The second-order valence-electron chi connectivity index (χ2n) is 5.68. The molecule has 0 saturated carbocycles. The molecule has 0 aliphatic carbocycles. The van der Waals surface area contributed by atoms with Crippen LogP contribution in [0.25, 0.3) is 5.57 Å². The van der Waals surface area contributed by atoms with Gasteiger partial charge in [-0.1, -0.05) is 36.4 Å². The number of aryl methyl sites for hydroxylation is 1. The molecule has 1 aromatic heterocycles. The first kappa shape index (κ1) is 15.9. The van der Waals surface area contributed by atoms with Crippen LogP contribution in [0.5, 0.6) is 0 Å². The van der Waals surface area contributed by atoms with Crippen molar-refractivity contribution in [3.05, 3.63) is 69.1 Å². The van der Waals surface area contributed by atoms with Crippen LogP contribution in [0.3, 0.4) is 0 Å². The number of nitrogens with zero attached hydrogens (tertiary/aromatic N) is 3. The molecule has 1 unspecified atom stereocenters. The Hall–Kier alpha value is -2.96. The summed E-state index contributed by atoms with van der Waals surface area (Å²) in [6, 6.07) is 6.74. The van der Waals surface area contributed by atoms with Crippen LogP contribution in [0.4, 0.5) is 5.69 Å². The van der Waals surface area contributed by atoms with Crippen molar-refractivity contribution in [2.24, 2.45) is 0 Å². The van der Waals surface area contributed by atoms with Gasteiger partial charge in [0.15, 0.2) is 5.82 Å². The van der Waals surface area contributed by atoms with Gasteiger partial charge in [0, 0.05) is 40.9 Å². The van der Waals surface area contributed by atoms with E-state index in [9.17, 15) is 10.1 Å². The molecule has 0 radical (unpaired) electrons. The molecule has 0 saturated heterocycles. The number of nitro groups is 1. The fraction of sp³-hybridized carbons (Fsp3) is 0.294. The van der Waals surface area contributed by atoms with Gasteiger partial charge in [0.2, 0.25) is 0 Å². The summed E-state index contributed by atoms with van der Waals surface area (Å²) in [6.07, 6.45) is 2.61. The van der Waals surface area contributed by atoms with Crippen LogP contribution in [0.15, 0.2) is 46.3 Å². The Kier molecular flexibility index (Phi) is 4.16. The zero-order valence-electron chi connectivity index (χ0n) is 13.7. The van der Waals surface area contributed by atoms with Crippen LogP contribution in [-0.2, 0) is 6.42 Å². The molecule has 0 bridgehead atoms. The first-order valence-electron chi connectivity index (χ1n) is 7.73. The molecule has 7 nitrogen and oxygen atoms in total. The smallest absolute Gasteiger partial charge is 0.273 e. The fourth-order valence-electron chi connectivity index (χ4n) is 2.93. The van der Waals surface area contributed by atoms with E-state index in [4.69, 9.17) is 4.52 Å². The molecule has 2 aromatic rings. The number of hydrogen-bond donors (Lipinski definition) is 1. The van der Waals surface area contributed by atoms with E-state index in [2.05, 4.69) is 15.5 Å². The lowest BCUT2D eigenvalue weighted by Crippen LogP contribution is -2.20. The third-order valence-electron chi connectivity index (χ3n) is 4.00. The number of dihydropyridines is 1. The van der Waals surface area contributed by atoms with Gasteiger partial charge in [-0.2, -0.15) is 4.98 Å². The lowest BCUT2D eigenvalue weighted by atomic mass is 9.86. The molecule has 1 aromatic carbocycles. The topological polar surface area (TPSA) is 94.1 Å². The van der Waals surface area contributed by atoms with Crippen LogP contribution in [0.2, 0.25) is 0 Å². The first-order chi connectivity index (χ1) is 11.5. The molecule has 3 rings (SSSR count). The van der Waals surface area contributed by atoms with Gasteiger partial charge >= 0.3 is 0 Å². The number of hydrogen-bond acceptors (Lipinski definition) is 6. The second-order valence-corrected chi connectivity index (χ2v) is 5.68. The minimum absolute atomic E-state index is 0.0778. The largest absolute Gasteiger partial charge is 0.363 e. The van der Waals surface area contributed by atoms with E-state index in [1.165, 1.54) is 6.07 Å². The van der Waals surface area contributed by atoms with Gasteiger partial charge in [0.1, 0.15) is 0 Å². The van der Waals surface area contributed by atoms with Crippen molar-refractivity contribution in [3.63, 3.8) is 0 Å². The quantitative estimate of drug-likeness (QED) is 0.682. The van der Waals surface area contributed by atoms with E-state index in [0.29, 0.717) is 23.7 Å². The van der Waals surface area contributed by atoms with Crippen molar-refractivity contribution in [3.8, 4) is 0 Å². The molecular weight excluding hydrogens is 308 g/mol. The van der Waals surface area contributed by atoms with Gasteiger partial charge in [-0.05, 0) is 13.8 Å². The molecule has 124 valence electrons. The number of allylic oxidation sites excluding steroid dienone is 4. The predicted octanol–water partition coefficient (Wildman–Crippen LogP) is 3.56. The molecule has 1 aliphatic rings. The van der Waals surface area contributed by atoms with Crippen LogP contribution in [0, 0.1) is 10.1 Å². The number of nitro benzene ring substituents is 1. The van der Waals surface area contributed by atoms with Crippen molar-refractivity contribution in [1.29, 1.82) is 0 Å². The Morgan fingerprint density at radius 3 is 2.75 bits per heavy atom. The lowest BCUT2D eigenvalue weighted by molar-refractivity contribution is -0.385. The first-order valence-corrected chi connectivity index (χ1v) is 7.73. The summed E-state index contributed by atoms with van der Waals surface area (Å²) in [4.78, 5) is 15.5. The highest BCUT2D eigenvalue weighted by Crippen LogP contribution is 2.41. The Morgan fingerprint density at radius 1 is 1.33 bits per heavy atom. The number of para-hydroxylation sites is 1. The second kappa shape index (κ2) is 6.27. The maximum atomic E-state index is 11.4. The highest BCUT2D eigenvalue weighted by atomic mass is 16.6. The average molecular weight is 326 g/mol. The summed E-state index contributed by atoms with van der Waals surface area (Å²) in [5.74, 6) is 0.680. The normalized spacial score (nSPS) is 17.5. The standard InChI is InChI=1S/C17H18N4O3/c1-4-15-19-17(24-20-15)16-11(3)18-10(2)9-13(16)12-7-5-6-8-14(12)21(22)23/h5-9,13,18H,4H2,1-3H3. The predicted molar refractivity (Wildman–Crippen MR) is 89.0 cm³/mol. The summed E-state index contributed by atoms with van der Waals surface area (Å²) >= 11 is 0. The van der Waals surface area contributed by atoms with E-state index in [1.54, 1.807) is 18.2 Å². The van der Waals surface area contributed by atoms with Crippen molar-refractivity contribution in [1.82, 2.24) is 15.5 Å². The SMILES string of the molecule is CCc1noc(C2=C(C)NC(C)=CC2c2ccccc2[N+](=O)[O-])n1. The van der Waals surface area contributed by atoms with E-state index in [0.717, 1.165) is 17.0 Å². The summed E-state index contributed by atoms with van der Waals surface area (Å²) in [6.45, 7) is 5.77. The molecule has 0 spiro atoms. The van der Waals surface area contributed by atoms with E-state index in [1.807, 2.05) is 26.8 Å². The highest BCUT2D eigenvalue weighted by molar-refractivity contribution is 5.74. The zero-order valence-corrected chi connectivity index (χ0v) is 13.7. The average Bonchev–Trinajstić information content (AvgIpc) is 3.02. The van der Waals surface area contributed by atoms with Gasteiger partial charge in [-0.15, -0.1) is 0 Å². The van der Waals surface area contributed by atoms with Crippen molar-refractivity contribution in [2.75, 3.05) is 0 Å². The van der Waals surface area contributed by atoms with Crippen molar-refractivity contribution in [2.45, 2.75) is 33.1 Å². The Labute approximate surface area is 139 Å². The molecule has 1 atom stereocenters. The van der Waals surface area contributed by atoms with Crippen LogP contribution < -0.4 is 5.32 Å². The van der Waals surface area contributed by atoms with E-state index < -0.39 is 0 Å².